The highest BCUT2D eigenvalue weighted by atomic mass is 32.2. The second kappa shape index (κ2) is 11.8. The molecule has 0 aliphatic carbocycles. The molecule has 15 heteroatoms. The lowest BCUT2D eigenvalue weighted by molar-refractivity contribution is -0.696. The number of hydrogen-bond acceptors (Lipinski definition) is 7. The molecule has 0 aliphatic rings. The number of sulfone groups is 1. The molecule has 0 amide bonds. The number of pyridine rings is 1. The van der Waals surface area contributed by atoms with E-state index in [0.717, 1.165) is 0 Å². The molecule has 0 saturated heterocycles. The van der Waals surface area contributed by atoms with Gasteiger partial charge in [-0.2, -0.15) is 9.98 Å². The van der Waals surface area contributed by atoms with E-state index < -0.39 is 49.0 Å². The molecule has 40 heavy (non-hydrogen) atoms. The molecule has 210 valence electrons. The van der Waals surface area contributed by atoms with Gasteiger partial charge in [0.1, 0.15) is 18.4 Å². The number of aryl methyl sites for hydroxylation is 1. The Kier molecular flexibility index (Phi) is 8.86. The average molecular weight is 625 g/mol. The van der Waals surface area contributed by atoms with Crippen LogP contribution >= 0.6 is 18.9 Å². The molecular formula is C25H24FN3O7PS3+. The van der Waals surface area contributed by atoms with Crippen molar-refractivity contribution >= 4 is 48.9 Å². The van der Waals surface area contributed by atoms with E-state index in [1.165, 1.54) is 36.4 Å². The zero-order valence-corrected chi connectivity index (χ0v) is 24.1. The van der Waals surface area contributed by atoms with Crippen LogP contribution in [-0.4, -0.2) is 32.4 Å². The Morgan fingerprint density at radius 1 is 1.02 bits per heavy atom. The Labute approximate surface area is 234 Å². The number of nitrogens with one attached hydrogen (secondary N) is 1. The van der Waals surface area contributed by atoms with Crippen molar-refractivity contribution in [2.75, 3.05) is 5.75 Å². The maximum atomic E-state index is 15.6. The van der Waals surface area contributed by atoms with Crippen LogP contribution in [0.5, 0.6) is 0 Å². The summed E-state index contributed by atoms with van der Waals surface area (Å²) in [5.41, 5.74) is -0.326. The molecule has 0 saturated carbocycles. The van der Waals surface area contributed by atoms with Crippen LogP contribution in [0.1, 0.15) is 28.9 Å². The van der Waals surface area contributed by atoms with E-state index in [4.69, 9.17) is 0 Å². The largest absolute Gasteiger partial charge is 0.347 e. The first-order chi connectivity index (χ1) is 18.8. The SMILES string of the molecule is N#Cc1c(CS(=O)(=O)CCC[n+]2ccccc2)ccc2sc(S(=O)(=O)NC(c3ccccc3)P(=O)(O)O)c(F)c12. The average Bonchev–Trinajstić information content (AvgIpc) is 3.25. The van der Waals surface area contributed by atoms with E-state index in [1.807, 2.05) is 27.5 Å². The fraction of sp³-hybridized carbons (Fsp3) is 0.200. The quantitative estimate of drug-likeness (QED) is 0.169. The van der Waals surface area contributed by atoms with Crippen LogP contribution < -0.4 is 9.29 Å². The van der Waals surface area contributed by atoms with Crippen molar-refractivity contribution in [3.8, 4) is 6.07 Å². The van der Waals surface area contributed by atoms with Crippen molar-refractivity contribution in [1.29, 1.82) is 5.26 Å². The standard InChI is InChI=1S/C25H23FN3O7PS3/c26-23-22-20(16-27)19(17-39(33,34)15-7-14-29-12-5-2-6-13-29)10-11-21(22)38-25(23)40(35,36)28-24(37(30,31)32)18-8-3-1-4-9-18/h1-6,8-13,24,28H,7,14-15,17H2,(H-,30,31,32)/p+1. The smallest absolute Gasteiger partial charge is 0.323 e. The van der Waals surface area contributed by atoms with Crippen LogP contribution in [-0.2, 0) is 36.7 Å². The maximum Gasteiger partial charge on any atom is 0.347 e. The van der Waals surface area contributed by atoms with Gasteiger partial charge in [-0.15, -0.1) is 11.3 Å². The minimum atomic E-state index is -5.07. The second-order valence-electron chi connectivity index (χ2n) is 8.87. The number of halogens is 1. The van der Waals surface area contributed by atoms with E-state index in [-0.39, 0.29) is 32.5 Å². The number of thiophene rings is 1. The molecule has 0 fully saturated rings. The predicted molar refractivity (Wildman–Crippen MR) is 147 cm³/mol. The monoisotopic (exact) mass is 624 g/mol. The maximum absolute atomic E-state index is 15.6. The van der Waals surface area contributed by atoms with E-state index in [9.17, 15) is 36.4 Å². The van der Waals surface area contributed by atoms with Gasteiger partial charge in [-0.1, -0.05) is 42.5 Å². The molecule has 0 radical (unpaired) electrons. The number of rotatable bonds is 11. The van der Waals surface area contributed by atoms with Gasteiger partial charge in [0.15, 0.2) is 32.3 Å². The fourth-order valence-electron chi connectivity index (χ4n) is 4.12. The molecule has 2 aromatic heterocycles. The van der Waals surface area contributed by atoms with Gasteiger partial charge < -0.3 is 9.79 Å². The number of nitriles is 1. The molecule has 2 aromatic carbocycles. The van der Waals surface area contributed by atoms with Crippen LogP contribution in [0.4, 0.5) is 4.39 Å². The number of nitrogens with zero attached hydrogens (tertiary/aromatic N) is 2. The summed E-state index contributed by atoms with van der Waals surface area (Å²) >= 11 is 0.465. The summed E-state index contributed by atoms with van der Waals surface area (Å²) in [6.07, 6.45) is 3.91. The van der Waals surface area contributed by atoms with Crippen LogP contribution in [0.25, 0.3) is 10.1 Å². The molecule has 3 N–H and O–H groups in total. The minimum Gasteiger partial charge on any atom is -0.323 e. The highest BCUT2D eigenvalue weighted by molar-refractivity contribution is 7.92. The van der Waals surface area contributed by atoms with Crippen molar-refractivity contribution in [3.63, 3.8) is 0 Å². The Morgan fingerprint density at radius 2 is 1.68 bits per heavy atom. The number of fused-ring (bicyclic) bond motifs is 1. The number of benzene rings is 2. The molecule has 0 spiro atoms. The minimum absolute atomic E-state index is 0.0216. The Balaban J connectivity index is 1.64. The molecule has 1 unspecified atom stereocenters. The van der Waals surface area contributed by atoms with Gasteiger partial charge in [0.25, 0.3) is 10.0 Å². The van der Waals surface area contributed by atoms with Gasteiger partial charge in [0.05, 0.1) is 17.1 Å². The molecule has 0 aliphatic heterocycles. The van der Waals surface area contributed by atoms with Crippen LogP contribution in [0.2, 0.25) is 0 Å². The first kappa shape index (κ1) is 30.0. The molecule has 0 bridgehead atoms. The molecule has 4 rings (SSSR count). The number of sulfonamides is 1. The van der Waals surface area contributed by atoms with Gasteiger partial charge in [-0.3, -0.25) is 4.57 Å². The second-order valence-corrected chi connectivity index (χ2v) is 15.7. The molecule has 4 aromatic rings. The van der Waals surface area contributed by atoms with E-state index >= 15 is 4.39 Å². The van der Waals surface area contributed by atoms with Gasteiger partial charge in [-0.05, 0) is 17.2 Å². The van der Waals surface area contributed by atoms with Crippen molar-refractivity contribution in [2.45, 2.75) is 28.7 Å². The first-order valence-electron chi connectivity index (χ1n) is 11.7. The van der Waals surface area contributed by atoms with E-state index in [0.29, 0.717) is 24.3 Å². The first-order valence-corrected chi connectivity index (χ1v) is 17.5. The third-order valence-corrected chi connectivity index (χ3v) is 11.9. The van der Waals surface area contributed by atoms with Crippen molar-refractivity contribution in [2.24, 2.45) is 0 Å². The molecular weight excluding hydrogens is 600 g/mol. The Bertz CT molecular complexity index is 1840. The lowest BCUT2D eigenvalue weighted by Crippen LogP contribution is -2.33. The van der Waals surface area contributed by atoms with Crippen LogP contribution in [0.15, 0.2) is 77.3 Å². The van der Waals surface area contributed by atoms with Gasteiger partial charge >= 0.3 is 7.60 Å². The zero-order chi connectivity index (χ0) is 29.1. The highest BCUT2D eigenvalue weighted by Crippen LogP contribution is 2.51. The number of hydrogen-bond donors (Lipinski definition) is 3. The summed E-state index contributed by atoms with van der Waals surface area (Å²) in [5, 5.41) is 9.43. The zero-order valence-electron chi connectivity index (χ0n) is 20.7. The van der Waals surface area contributed by atoms with Gasteiger partial charge in [0, 0.05) is 28.6 Å². The topological polar surface area (TPSA) is 166 Å². The third kappa shape index (κ3) is 6.82. The Hall–Kier alpha value is -3.02. The summed E-state index contributed by atoms with van der Waals surface area (Å²) in [6.45, 7) is 0.455. The Morgan fingerprint density at radius 3 is 2.30 bits per heavy atom. The van der Waals surface area contributed by atoms with Crippen LogP contribution in [0, 0.1) is 17.1 Å². The van der Waals surface area contributed by atoms with Crippen LogP contribution in [0.3, 0.4) is 0 Å². The highest BCUT2D eigenvalue weighted by Gasteiger charge is 2.37. The summed E-state index contributed by atoms with van der Waals surface area (Å²) in [7, 11) is -13.6. The summed E-state index contributed by atoms with van der Waals surface area (Å²) in [6, 6.07) is 17.0. The molecule has 1 atom stereocenters. The lowest BCUT2D eigenvalue weighted by atomic mass is 10.1. The molecule has 2 heterocycles. The fourth-order valence-corrected chi connectivity index (χ4v) is 9.63. The summed E-state index contributed by atoms with van der Waals surface area (Å²) < 4.78 is 82.5. The summed E-state index contributed by atoms with van der Waals surface area (Å²) in [4.78, 5) is 19.6. The predicted octanol–water partition coefficient (Wildman–Crippen LogP) is 3.36. The normalized spacial score (nSPS) is 13.2. The molecule has 10 nitrogen and oxygen atoms in total. The van der Waals surface area contributed by atoms with Gasteiger partial charge in [-0.25, -0.2) is 25.8 Å². The lowest BCUT2D eigenvalue weighted by Gasteiger charge is -2.19. The summed E-state index contributed by atoms with van der Waals surface area (Å²) in [5.74, 6) is -4.01. The van der Waals surface area contributed by atoms with Gasteiger partial charge in [0.2, 0.25) is 0 Å². The van der Waals surface area contributed by atoms with Crippen molar-refractivity contribution < 1.29 is 40.1 Å². The van der Waals surface area contributed by atoms with E-state index in [2.05, 4.69) is 0 Å². The third-order valence-electron chi connectivity index (χ3n) is 5.95. The van der Waals surface area contributed by atoms with Crippen molar-refractivity contribution in [1.82, 2.24) is 4.72 Å². The van der Waals surface area contributed by atoms with E-state index in [1.54, 1.807) is 24.5 Å². The number of aromatic nitrogens is 1. The van der Waals surface area contributed by atoms with Crippen molar-refractivity contribution in [3.05, 3.63) is 95.6 Å².